The molecule has 1 nitrogen and oxygen atoms in total. The molecule has 0 saturated carbocycles. The maximum absolute atomic E-state index is 3.48. The molecule has 0 aliphatic rings. The Labute approximate surface area is 111 Å². The van der Waals surface area contributed by atoms with Gasteiger partial charge in [0.15, 0.2) is 0 Å². The fourth-order valence-electron chi connectivity index (χ4n) is 1.55. The van der Waals surface area contributed by atoms with Crippen LogP contribution in [0.15, 0.2) is 52.7 Å². The second kappa shape index (κ2) is 7.54. The lowest BCUT2D eigenvalue weighted by Crippen LogP contribution is -2.19. The second-order valence-electron chi connectivity index (χ2n) is 3.74. The summed E-state index contributed by atoms with van der Waals surface area (Å²) in [5, 5.41) is 5.62. The van der Waals surface area contributed by atoms with Gasteiger partial charge >= 0.3 is 0 Å². The van der Waals surface area contributed by atoms with Gasteiger partial charge in [-0.05, 0) is 36.5 Å². The van der Waals surface area contributed by atoms with E-state index in [9.17, 15) is 0 Å². The first-order valence-electron chi connectivity index (χ1n) is 5.86. The average molecular weight is 263 g/mol. The summed E-state index contributed by atoms with van der Waals surface area (Å²) in [6.07, 6.45) is 1.15. The molecule has 0 aliphatic heterocycles. The highest BCUT2D eigenvalue weighted by Gasteiger charge is 1.94. The zero-order valence-corrected chi connectivity index (χ0v) is 11.4. The Hall–Kier alpha value is -0.770. The first-order chi connectivity index (χ1) is 8.45. The van der Waals surface area contributed by atoms with Gasteiger partial charge in [-0.1, -0.05) is 24.3 Å². The molecular weight excluding hydrogens is 246 g/mol. The van der Waals surface area contributed by atoms with Gasteiger partial charge in [-0.25, -0.2) is 0 Å². The fraction of sp³-hybridized carbons (Fsp3) is 0.286. The standard InChI is InChI=1S/C14H17NS2/c1-2-5-13(6-3-1)17-12-10-15-9-8-14-7-4-11-16-14/h1-7,11,15H,8-10,12H2. The summed E-state index contributed by atoms with van der Waals surface area (Å²) in [5.74, 6) is 1.13. The van der Waals surface area contributed by atoms with Gasteiger partial charge in [-0.3, -0.25) is 0 Å². The molecule has 0 atom stereocenters. The Kier molecular flexibility index (Phi) is 5.62. The fourth-order valence-corrected chi connectivity index (χ4v) is 3.09. The Bertz CT molecular complexity index is 397. The van der Waals surface area contributed by atoms with Crippen molar-refractivity contribution < 1.29 is 0 Å². The maximum atomic E-state index is 3.48. The molecule has 1 N–H and O–H groups in total. The highest BCUT2D eigenvalue weighted by Crippen LogP contribution is 2.15. The van der Waals surface area contributed by atoms with Crippen molar-refractivity contribution in [3.05, 3.63) is 52.7 Å². The minimum Gasteiger partial charge on any atom is -0.316 e. The molecule has 0 fully saturated rings. The predicted molar refractivity (Wildman–Crippen MR) is 78.1 cm³/mol. The van der Waals surface area contributed by atoms with E-state index in [1.165, 1.54) is 9.77 Å². The Balaban J connectivity index is 1.52. The maximum Gasteiger partial charge on any atom is 0.0106 e. The topological polar surface area (TPSA) is 12.0 Å². The SMILES string of the molecule is c1ccc(SCCNCCc2cccs2)cc1. The number of nitrogens with one attached hydrogen (secondary N) is 1. The smallest absolute Gasteiger partial charge is 0.0106 e. The molecule has 0 amide bonds. The van der Waals surface area contributed by atoms with Crippen molar-refractivity contribution in [3.8, 4) is 0 Å². The lowest BCUT2D eigenvalue weighted by atomic mass is 10.3. The second-order valence-corrected chi connectivity index (χ2v) is 5.94. The summed E-state index contributed by atoms with van der Waals surface area (Å²) < 4.78 is 0. The summed E-state index contributed by atoms with van der Waals surface area (Å²) in [4.78, 5) is 2.82. The Morgan fingerprint density at radius 3 is 2.65 bits per heavy atom. The summed E-state index contributed by atoms with van der Waals surface area (Å²) in [6.45, 7) is 2.15. The van der Waals surface area contributed by atoms with Crippen molar-refractivity contribution in [2.45, 2.75) is 11.3 Å². The van der Waals surface area contributed by atoms with Gasteiger partial charge in [0.25, 0.3) is 0 Å². The highest BCUT2D eigenvalue weighted by atomic mass is 32.2. The molecule has 0 bridgehead atoms. The zero-order chi connectivity index (χ0) is 11.8. The summed E-state index contributed by atoms with van der Waals surface area (Å²) in [6, 6.07) is 14.9. The molecule has 90 valence electrons. The largest absolute Gasteiger partial charge is 0.316 e. The first kappa shape index (κ1) is 12.7. The van der Waals surface area contributed by atoms with Crippen LogP contribution < -0.4 is 5.32 Å². The lowest BCUT2D eigenvalue weighted by molar-refractivity contribution is 0.725. The summed E-state index contributed by atoms with van der Waals surface area (Å²) >= 11 is 3.75. The molecule has 0 radical (unpaired) electrons. The molecule has 1 heterocycles. The highest BCUT2D eigenvalue weighted by molar-refractivity contribution is 7.99. The van der Waals surface area contributed by atoms with E-state index in [0.717, 1.165) is 25.3 Å². The molecule has 3 heteroatoms. The predicted octanol–water partition coefficient (Wildman–Crippen LogP) is 3.67. The van der Waals surface area contributed by atoms with Crippen LogP contribution in [0.2, 0.25) is 0 Å². The molecule has 17 heavy (non-hydrogen) atoms. The van der Waals surface area contributed by atoms with E-state index in [0.29, 0.717) is 0 Å². The van der Waals surface area contributed by atoms with Gasteiger partial charge in [0.05, 0.1) is 0 Å². The Morgan fingerprint density at radius 1 is 1.00 bits per heavy atom. The molecule has 0 saturated heterocycles. The van der Waals surface area contributed by atoms with Crippen molar-refractivity contribution in [3.63, 3.8) is 0 Å². The molecule has 1 aromatic heterocycles. The number of benzene rings is 1. The minimum atomic E-state index is 1.07. The van der Waals surface area contributed by atoms with Crippen molar-refractivity contribution in [1.29, 1.82) is 0 Å². The average Bonchev–Trinajstić information content (AvgIpc) is 2.88. The van der Waals surface area contributed by atoms with E-state index in [1.54, 1.807) is 0 Å². The van der Waals surface area contributed by atoms with Gasteiger partial charge in [-0.15, -0.1) is 23.1 Å². The van der Waals surface area contributed by atoms with Crippen molar-refractivity contribution in [2.24, 2.45) is 0 Å². The van der Waals surface area contributed by atoms with E-state index in [2.05, 4.69) is 53.2 Å². The van der Waals surface area contributed by atoms with Crippen LogP contribution in [0.4, 0.5) is 0 Å². The van der Waals surface area contributed by atoms with Crippen molar-refractivity contribution in [2.75, 3.05) is 18.8 Å². The van der Waals surface area contributed by atoms with E-state index in [4.69, 9.17) is 0 Å². The van der Waals surface area contributed by atoms with Crippen LogP contribution in [0.3, 0.4) is 0 Å². The monoisotopic (exact) mass is 263 g/mol. The van der Waals surface area contributed by atoms with Gasteiger partial charge in [0, 0.05) is 22.1 Å². The molecule has 1 aromatic carbocycles. The Morgan fingerprint density at radius 2 is 1.88 bits per heavy atom. The van der Waals surface area contributed by atoms with Crippen LogP contribution in [-0.2, 0) is 6.42 Å². The molecule has 0 unspecified atom stereocenters. The third-order valence-corrected chi connectivity index (χ3v) is 4.37. The van der Waals surface area contributed by atoms with Crippen molar-refractivity contribution in [1.82, 2.24) is 5.32 Å². The summed E-state index contributed by atoms with van der Waals surface area (Å²) in [7, 11) is 0. The first-order valence-corrected chi connectivity index (χ1v) is 7.72. The molecule has 2 rings (SSSR count). The number of hydrogen-bond donors (Lipinski definition) is 1. The van der Waals surface area contributed by atoms with Crippen LogP contribution >= 0.6 is 23.1 Å². The molecular formula is C14H17NS2. The molecule has 0 spiro atoms. The number of thiophene rings is 1. The summed E-state index contributed by atoms with van der Waals surface area (Å²) in [5.41, 5.74) is 0. The van der Waals surface area contributed by atoms with E-state index >= 15 is 0 Å². The third kappa shape index (κ3) is 4.94. The van der Waals surface area contributed by atoms with E-state index in [-0.39, 0.29) is 0 Å². The molecule has 2 aromatic rings. The van der Waals surface area contributed by atoms with Crippen molar-refractivity contribution >= 4 is 23.1 Å². The van der Waals surface area contributed by atoms with Crippen LogP contribution in [0.5, 0.6) is 0 Å². The third-order valence-electron chi connectivity index (χ3n) is 2.42. The van der Waals surface area contributed by atoms with Crippen LogP contribution in [0.25, 0.3) is 0 Å². The van der Waals surface area contributed by atoms with Gasteiger partial charge in [0.2, 0.25) is 0 Å². The van der Waals surface area contributed by atoms with Crippen LogP contribution in [-0.4, -0.2) is 18.8 Å². The number of thioether (sulfide) groups is 1. The lowest BCUT2D eigenvalue weighted by Gasteiger charge is -2.03. The number of rotatable bonds is 7. The molecule has 0 aliphatic carbocycles. The van der Waals surface area contributed by atoms with Gasteiger partial charge in [0.1, 0.15) is 0 Å². The van der Waals surface area contributed by atoms with Crippen LogP contribution in [0, 0.1) is 0 Å². The van der Waals surface area contributed by atoms with Crippen LogP contribution in [0.1, 0.15) is 4.88 Å². The zero-order valence-electron chi connectivity index (χ0n) is 9.76. The van der Waals surface area contributed by atoms with E-state index < -0.39 is 0 Å². The quantitative estimate of drug-likeness (QED) is 0.604. The number of hydrogen-bond acceptors (Lipinski definition) is 3. The van der Waals surface area contributed by atoms with Gasteiger partial charge < -0.3 is 5.32 Å². The van der Waals surface area contributed by atoms with Gasteiger partial charge in [-0.2, -0.15) is 0 Å². The van der Waals surface area contributed by atoms with E-state index in [1.807, 2.05) is 23.1 Å². The minimum absolute atomic E-state index is 1.07. The normalized spacial score (nSPS) is 10.6.